The van der Waals surface area contributed by atoms with Gasteiger partial charge in [-0.15, -0.1) is 0 Å². The molecule has 2 aliphatic heterocycles. The molecule has 3 heterocycles. The smallest absolute Gasteiger partial charge is 0.262 e. The summed E-state index contributed by atoms with van der Waals surface area (Å²) >= 11 is 0. The van der Waals surface area contributed by atoms with Gasteiger partial charge < -0.3 is 9.64 Å². The molecule has 0 radical (unpaired) electrons. The Bertz CT molecular complexity index is 1010. The Hall–Kier alpha value is -2.43. The summed E-state index contributed by atoms with van der Waals surface area (Å²) < 4.78 is 7.88. The van der Waals surface area contributed by atoms with E-state index >= 15 is 0 Å². The van der Waals surface area contributed by atoms with Crippen LogP contribution in [0.25, 0.3) is 10.9 Å². The Morgan fingerprint density at radius 3 is 2.60 bits per heavy atom. The van der Waals surface area contributed by atoms with E-state index in [4.69, 9.17) is 4.74 Å². The third kappa shape index (κ3) is 3.94. The van der Waals surface area contributed by atoms with Gasteiger partial charge in [0.25, 0.3) is 5.91 Å². The van der Waals surface area contributed by atoms with Crippen LogP contribution in [-0.4, -0.2) is 41.6 Å². The van der Waals surface area contributed by atoms with Gasteiger partial charge in [-0.2, -0.15) is 0 Å². The van der Waals surface area contributed by atoms with Gasteiger partial charge in [-0.3, -0.25) is 9.36 Å². The molecule has 0 saturated carbocycles. The summed E-state index contributed by atoms with van der Waals surface area (Å²) in [5.41, 5.74) is 4.23. The van der Waals surface area contributed by atoms with Crippen LogP contribution in [0.4, 0.5) is 0 Å². The first-order valence-corrected chi connectivity index (χ1v) is 11.4. The molecule has 2 aromatic carbocycles. The number of fused-ring (bicyclic) bond motifs is 1. The van der Waals surface area contributed by atoms with Gasteiger partial charge in [-0.1, -0.05) is 24.3 Å². The molecule has 4 nitrogen and oxygen atoms in total. The molecule has 1 aromatic heterocycles. The van der Waals surface area contributed by atoms with E-state index < -0.39 is 0 Å². The summed E-state index contributed by atoms with van der Waals surface area (Å²) in [5, 5.41) is 1.20. The summed E-state index contributed by atoms with van der Waals surface area (Å²) in [7, 11) is 0. The number of nitrogens with zero attached hydrogens (tertiary/aromatic N) is 2. The van der Waals surface area contributed by atoms with Crippen molar-refractivity contribution < 1.29 is 9.53 Å². The number of rotatable bonds is 5. The predicted molar refractivity (Wildman–Crippen MR) is 120 cm³/mol. The van der Waals surface area contributed by atoms with Crippen LogP contribution in [0.5, 0.6) is 0 Å². The van der Waals surface area contributed by atoms with Crippen LogP contribution >= 0.6 is 0 Å². The molecule has 156 valence electrons. The molecule has 1 unspecified atom stereocenters. The van der Waals surface area contributed by atoms with Crippen LogP contribution in [0.1, 0.15) is 59.7 Å². The summed E-state index contributed by atoms with van der Waals surface area (Å²) in [6.07, 6.45) is 9.29. The number of carbonyl (C=O) groups is 1. The van der Waals surface area contributed by atoms with Crippen LogP contribution in [0.15, 0.2) is 54.7 Å². The van der Waals surface area contributed by atoms with Crippen molar-refractivity contribution >= 4 is 16.8 Å². The van der Waals surface area contributed by atoms with Gasteiger partial charge in [0.05, 0.1) is 11.6 Å². The highest BCUT2D eigenvalue weighted by Gasteiger charge is 2.21. The number of carbonyl (C=O) groups excluding carboxylic acids is 1. The minimum atomic E-state index is 0.0367. The van der Waals surface area contributed by atoms with Crippen molar-refractivity contribution in [2.75, 3.05) is 26.2 Å². The Morgan fingerprint density at radius 2 is 1.83 bits per heavy atom. The van der Waals surface area contributed by atoms with Crippen molar-refractivity contribution in [1.29, 1.82) is 0 Å². The normalized spacial score (nSPS) is 20.1. The largest absolute Gasteiger partial charge is 0.374 e. The van der Waals surface area contributed by atoms with E-state index in [1.165, 1.54) is 48.9 Å². The average Bonchev–Trinajstić information content (AvgIpc) is 3.46. The molecule has 0 N–H and O–H groups in total. The van der Waals surface area contributed by atoms with E-state index in [1.807, 2.05) is 34.9 Å². The second kappa shape index (κ2) is 8.75. The number of aromatic nitrogens is 1. The first kappa shape index (κ1) is 19.5. The molecule has 0 amide bonds. The first-order valence-electron chi connectivity index (χ1n) is 11.4. The molecule has 1 atom stereocenters. The molecule has 3 aromatic rings. The van der Waals surface area contributed by atoms with Crippen molar-refractivity contribution in [3.05, 3.63) is 71.4 Å². The standard InChI is InChI=1S/C26H30N2O2/c29-26(20-8-2-1-3-9-20)28-19-22(13-16-27-14-5-6-15-27)23-18-21(11-12-24(23)28)25-10-4-7-17-30-25/h1-3,8-9,11-12,18-19,25H,4-7,10,13-17H2. The molecule has 5 rings (SSSR count). The van der Waals surface area contributed by atoms with Gasteiger partial charge in [0, 0.05) is 30.3 Å². The van der Waals surface area contributed by atoms with E-state index in [2.05, 4.69) is 29.3 Å². The number of hydrogen-bond acceptors (Lipinski definition) is 3. The first-order chi connectivity index (χ1) is 14.8. The van der Waals surface area contributed by atoms with E-state index in [9.17, 15) is 4.79 Å². The van der Waals surface area contributed by atoms with Gasteiger partial charge in [0.15, 0.2) is 0 Å². The Labute approximate surface area is 178 Å². The third-order valence-electron chi connectivity index (χ3n) is 6.60. The fourth-order valence-electron chi connectivity index (χ4n) is 4.89. The van der Waals surface area contributed by atoms with Crippen molar-refractivity contribution in [3.8, 4) is 0 Å². The van der Waals surface area contributed by atoms with Gasteiger partial charge in [-0.25, -0.2) is 0 Å². The van der Waals surface area contributed by atoms with Crippen LogP contribution in [0.3, 0.4) is 0 Å². The molecule has 0 spiro atoms. The zero-order chi connectivity index (χ0) is 20.3. The van der Waals surface area contributed by atoms with Crippen LogP contribution in [-0.2, 0) is 11.2 Å². The average molecular weight is 403 g/mol. The lowest BCUT2D eigenvalue weighted by Crippen LogP contribution is -2.21. The zero-order valence-corrected chi connectivity index (χ0v) is 17.6. The third-order valence-corrected chi connectivity index (χ3v) is 6.60. The quantitative estimate of drug-likeness (QED) is 0.588. The highest BCUT2D eigenvalue weighted by Crippen LogP contribution is 2.32. The topological polar surface area (TPSA) is 34.5 Å². The van der Waals surface area contributed by atoms with Crippen molar-refractivity contribution in [3.63, 3.8) is 0 Å². The maximum atomic E-state index is 13.2. The maximum Gasteiger partial charge on any atom is 0.262 e. The van der Waals surface area contributed by atoms with Crippen LogP contribution < -0.4 is 0 Å². The monoisotopic (exact) mass is 402 g/mol. The van der Waals surface area contributed by atoms with E-state index in [1.54, 1.807) is 0 Å². The van der Waals surface area contributed by atoms with E-state index in [-0.39, 0.29) is 12.0 Å². The van der Waals surface area contributed by atoms with Crippen molar-refractivity contribution in [1.82, 2.24) is 9.47 Å². The molecule has 0 aliphatic carbocycles. The van der Waals surface area contributed by atoms with E-state index in [0.29, 0.717) is 0 Å². The number of benzene rings is 2. The molecule has 2 saturated heterocycles. The Morgan fingerprint density at radius 1 is 1.00 bits per heavy atom. The molecule has 30 heavy (non-hydrogen) atoms. The molecule has 2 aliphatic rings. The Kier molecular flexibility index (Phi) is 5.69. The summed E-state index contributed by atoms with van der Waals surface area (Å²) in [6, 6.07) is 16.1. The lowest BCUT2D eigenvalue weighted by Gasteiger charge is -2.23. The molecule has 4 heteroatoms. The van der Waals surface area contributed by atoms with Gasteiger partial charge in [0.2, 0.25) is 0 Å². The minimum Gasteiger partial charge on any atom is -0.374 e. The number of hydrogen-bond donors (Lipinski definition) is 0. The van der Waals surface area contributed by atoms with Crippen LogP contribution in [0, 0.1) is 0 Å². The fourth-order valence-corrected chi connectivity index (χ4v) is 4.89. The molecule has 0 bridgehead atoms. The Balaban J connectivity index is 1.51. The molecular weight excluding hydrogens is 372 g/mol. The zero-order valence-electron chi connectivity index (χ0n) is 17.6. The van der Waals surface area contributed by atoms with Crippen LogP contribution in [0.2, 0.25) is 0 Å². The van der Waals surface area contributed by atoms with Crippen molar-refractivity contribution in [2.45, 2.75) is 44.6 Å². The summed E-state index contributed by atoms with van der Waals surface area (Å²) in [5.74, 6) is 0.0367. The second-order valence-electron chi connectivity index (χ2n) is 8.63. The summed E-state index contributed by atoms with van der Waals surface area (Å²) in [4.78, 5) is 15.8. The molecule has 2 fully saturated rings. The van der Waals surface area contributed by atoms with Gasteiger partial charge in [0.1, 0.15) is 0 Å². The number of ether oxygens (including phenoxy) is 1. The van der Waals surface area contributed by atoms with E-state index in [0.717, 1.165) is 43.5 Å². The van der Waals surface area contributed by atoms with Gasteiger partial charge in [-0.05, 0) is 87.0 Å². The fraction of sp³-hybridized carbons (Fsp3) is 0.423. The second-order valence-corrected chi connectivity index (χ2v) is 8.63. The lowest BCUT2D eigenvalue weighted by atomic mass is 9.99. The predicted octanol–water partition coefficient (Wildman–Crippen LogP) is 5.21. The lowest BCUT2D eigenvalue weighted by molar-refractivity contribution is 0.0150. The number of likely N-dealkylation sites (tertiary alicyclic amines) is 1. The minimum absolute atomic E-state index is 0.0367. The molecular formula is C26H30N2O2. The van der Waals surface area contributed by atoms with Crippen molar-refractivity contribution in [2.24, 2.45) is 0 Å². The highest BCUT2D eigenvalue weighted by molar-refractivity contribution is 6.03. The van der Waals surface area contributed by atoms with Gasteiger partial charge >= 0.3 is 0 Å². The highest BCUT2D eigenvalue weighted by atomic mass is 16.5. The summed E-state index contributed by atoms with van der Waals surface area (Å²) in [6.45, 7) is 4.30. The maximum absolute atomic E-state index is 13.2. The SMILES string of the molecule is O=C(c1ccccc1)n1cc(CCN2CCCC2)c2cc(C3CCCCO3)ccc21.